The van der Waals surface area contributed by atoms with Crippen LogP contribution in [0.15, 0.2) is 48.8 Å². The van der Waals surface area contributed by atoms with Gasteiger partial charge >= 0.3 is 0 Å². The summed E-state index contributed by atoms with van der Waals surface area (Å²) in [6, 6.07) is 11.9. The van der Waals surface area contributed by atoms with Crippen molar-refractivity contribution in [2.24, 2.45) is 7.05 Å². The van der Waals surface area contributed by atoms with Crippen molar-refractivity contribution in [2.45, 2.75) is 12.3 Å². The molecule has 1 aliphatic rings. The van der Waals surface area contributed by atoms with E-state index >= 15 is 0 Å². The van der Waals surface area contributed by atoms with Crippen LogP contribution in [0, 0.1) is 0 Å². The molecule has 5 rings (SSSR count). The molecule has 3 aromatic heterocycles. The van der Waals surface area contributed by atoms with Gasteiger partial charge in [-0.3, -0.25) is 9.59 Å². The Kier molecular flexibility index (Phi) is 4.55. The fraction of sp³-hybridized carbons (Fsp3) is 0.261. The van der Waals surface area contributed by atoms with Gasteiger partial charge in [0.25, 0.3) is 11.8 Å². The van der Waals surface area contributed by atoms with Crippen LogP contribution in [0.1, 0.15) is 37.9 Å². The molecule has 1 aromatic carbocycles. The third kappa shape index (κ3) is 2.89. The van der Waals surface area contributed by atoms with E-state index < -0.39 is 0 Å². The Hall–Kier alpha value is -3.19. The van der Waals surface area contributed by atoms with Crippen molar-refractivity contribution in [1.29, 1.82) is 0 Å². The van der Waals surface area contributed by atoms with Crippen LogP contribution < -0.4 is 5.32 Å². The van der Waals surface area contributed by atoms with Crippen molar-refractivity contribution < 1.29 is 9.59 Å². The van der Waals surface area contributed by atoms with Crippen LogP contribution in [0.25, 0.3) is 21.1 Å². The van der Waals surface area contributed by atoms with E-state index in [0.717, 1.165) is 38.7 Å². The standard InChI is InChI=1S/C23H22N4O2S/c1-24-21(28)20-19(16-7-5-10-25-22(16)30-20)14-9-11-27(12-14)23(29)17-13-26(2)18-8-4-3-6-15(17)18/h3-8,10,13-14H,9,11-12H2,1-2H3,(H,24,28). The molecule has 1 saturated heterocycles. The first-order valence-corrected chi connectivity index (χ1v) is 10.8. The molecule has 4 heterocycles. The maximum Gasteiger partial charge on any atom is 0.261 e. The average Bonchev–Trinajstić information content (AvgIpc) is 3.48. The van der Waals surface area contributed by atoms with Gasteiger partial charge in [0.05, 0.1) is 10.4 Å². The molecule has 2 amide bonds. The molecule has 7 heteroatoms. The Morgan fingerprint density at radius 3 is 2.80 bits per heavy atom. The number of pyridine rings is 1. The van der Waals surface area contributed by atoms with Gasteiger partial charge in [0.1, 0.15) is 4.83 Å². The molecule has 0 spiro atoms. The summed E-state index contributed by atoms with van der Waals surface area (Å²) in [5.74, 6) is 0.0782. The van der Waals surface area contributed by atoms with Crippen LogP contribution in [0.3, 0.4) is 0 Å². The molecule has 1 atom stereocenters. The number of benzene rings is 1. The number of para-hydroxylation sites is 1. The van der Waals surface area contributed by atoms with E-state index in [4.69, 9.17) is 0 Å². The van der Waals surface area contributed by atoms with Crippen LogP contribution >= 0.6 is 11.3 Å². The molecule has 0 saturated carbocycles. The van der Waals surface area contributed by atoms with Crippen molar-refractivity contribution in [2.75, 3.05) is 20.1 Å². The lowest BCUT2D eigenvalue weighted by molar-refractivity contribution is 0.0792. The number of likely N-dealkylation sites (tertiary alicyclic amines) is 1. The lowest BCUT2D eigenvalue weighted by atomic mass is 9.95. The first-order chi connectivity index (χ1) is 14.6. The number of rotatable bonds is 3. The third-order valence-electron chi connectivity index (χ3n) is 5.95. The predicted molar refractivity (Wildman–Crippen MR) is 119 cm³/mol. The van der Waals surface area contributed by atoms with E-state index in [1.54, 1.807) is 13.2 Å². The number of amides is 2. The van der Waals surface area contributed by atoms with E-state index in [1.165, 1.54) is 11.3 Å². The largest absolute Gasteiger partial charge is 0.354 e. The molecule has 0 radical (unpaired) electrons. The summed E-state index contributed by atoms with van der Waals surface area (Å²) in [6.45, 7) is 1.28. The second kappa shape index (κ2) is 7.25. The van der Waals surface area contributed by atoms with Crippen molar-refractivity contribution in [3.63, 3.8) is 0 Å². The molecule has 152 valence electrons. The van der Waals surface area contributed by atoms with Crippen LogP contribution in [-0.4, -0.2) is 46.4 Å². The second-order valence-electron chi connectivity index (χ2n) is 7.69. The van der Waals surface area contributed by atoms with E-state index in [2.05, 4.69) is 10.3 Å². The first-order valence-electron chi connectivity index (χ1n) is 10.0. The SMILES string of the molecule is CNC(=O)c1sc2ncccc2c1C1CCN(C(=O)c2cn(C)c3ccccc23)C1. The molecule has 6 nitrogen and oxygen atoms in total. The van der Waals surface area contributed by atoms with Crippen molar-refractivity contribution in [3.8, 4) is 0 Å². The van der Waals surface area contributed by atoms with Crippen LogP contribution in [-0.2, 0) is 7.05 Å². The average molecular weight is 419 g/mol. The summed E-state index contributed by atoms with van der Waals surface area (Å²) < 4.78 is 2.00. The summed E-state index contributed by atoms with van der Waals surface area (Å²) in [5, 5.41) is 4.74. The van der Waals surface area contributed by atoms with Crippen LogP contribution in [0.4, 0.5) is 0 Å². The quantitative estimate of drug-likeness (QED) is 0.551. The summed E-state index contributed by atoms with van der Waals surface area (Å²) in [6.07, 6.45) is 4.50. The highest BCUT2D eigenvalue weighted by Gasteiger charge is 2.33. The van der Waals surface area contributed by atoms with Gasteiger partial charge in [0, 0.05) is 61.8 Å². The van der Waals surface area contributed by atoms with Gasteiger partial charge in [-0.05, 0) is 24.1 Å². The monoisotopic (exact) mass is 418 g/mol. The third-order valence-corrected chi connectivity index (χ3v) is 7.08. The smallest absolute Gasteiger partial charge is 0.261 e. The van der Waals surface area contributed by atoms with Crippen molar-refractivity contribution in [3.05, 3.63) is 64.8 Å². The molecule has 30 heavy (non-hydrogen) atoms. The fourth-order valence-corrected chi connectivity index (χ4v) is 5.68. The Balaban J connectivity index is 1.49. The molecule has 1 fully saturated rings. The highest BCUT2D eigenvalue weighted by Crippen LogP contribution is 2.39. The summed E-state index contributed by atoms with van der Waals surface area (Å²) in [4.78, 5) is 33.8. The summed E-state index contributed by atoms with van der Waals surface area (Å²) in [5.41, 5.74) is 2.81. The van der Waals surface area contributed by atoms with Gasteiger partial charge in [-0.25, -0.2) is 4.98 Å². The number of carbonyl (C=O) groups excluding carboxylic acids is 2. The Bertz CT molecular complexity index is 1290. The van der Waals surface area contributed by atoms with Crippen LogP contribution in [0.2, 0.25) is 0 Å². The number of nitrogens with zero attached hydrogens (tertiary/aromatic N) is 3. The zero-order valence-electron chi connectivity index (χ0n) is 16.9. The van der Waals surface area contributed by atoms with E-state index in [1.807, 2.05) is 59.1 Å². The summed E-state index contributed by atoms with van der Waals surface area (Å²) >= 11 is 1.42. The molecule has 0 aliphatic carbocycles. The predicted octanol–water partition coefficient (Wildman–Crippen LogP) is 3.78. The fourth-order valence-electron chi connectivity index (χ4n) is 4.50. The topological polar surface area (TPSA) is 67.2 Å². The number of hydrogen-bond acceptors (Lipinski definition) is 4. The zero-order valence-corrected chi connectivity index (χ0v) is 17.7. The van der Waals surface area contributed by atoms with Gasteiger partial charge in [-0.1, -0.05) is 24.3 Å². The van der Waals surface area contributed by atoms with Gasteiger partial charge in [-0.2, -0.15) is 0 Å². The number of thiophene rings is 1. The van der Waals surface area contributed by atoms with Crippen molar-refractivity contribution >= 4 is 44.3 Å². The maximum atomic E-state index is 13.4. The molecule has 1 unspecified atom stereocenters. The van der Waals surface area contributed by atoms with E-state index in [9.17, 15) is 9.59 Å². The Labute approximate surface area is 178 Å². The highest BCUT2D eigenvalue weighted by atomic mass is 32.1. The lowest BCUT2D eigenvalue weighted by Gasteiger charge is -2.17. The Morgan fingerprint density at radius 2 is 1.97 bits per heavy atom. The molecule has 4 aromatic rings. The van der Waals surface area contributed by atoms with Gasteiger partial charge in [0.2, 0.25) is 0 Å². The minimum atomic E-state index is -0.0909. The minimum Gasteiger partial charge on any atom is -0.354 e. The molecule has 1 N–H and O–H groups in total. The molecular formula is C23H22N4O2S. The second-order valence-corrected chi connectivity index (χ2v) is 8.69. The van der Waals surface area contributed by atoms with E-state index in [-0.39, 0.29) is 17.7 Å². The number of nitrogens with one attached hydrogen (secondary N) is 1. The number of fused-ring (bicyclic) bond motifs is 2. The minimum absolute atomic E-state index is 0.0495. The van der Waals surface area contributed by atoms with Crippen LogP contribution in [0.5, 0.6) is 0 Å². The van der Waals surface area contributed by atoms with Gasteiger partial charge in [-0.15, -0.1) is 11.3 Å². The molecule has 1 aliphatic heterocycles. The Morgan fingerprint density at radius 1 is 1.17 bits per heavy atom. The first kappa shape index (κ1) is 18.8. The number of hydrogen-bond donors (Lipinski definition) is 1. The number of carbonyl (C=O) groups is 2. The number of aromatic nitrogens is 2. The molecule has 0 bridgehead atoms. The normalized spacial score (nSPS) is 16.5. The number of aryl methyl sites for hydroxylation is 1. The lowest BCUT2D eigenvalue weighted by Crippen LogP contribution is -2.28. The van der Waals surface area contributed by atoms with Gasteiger partial charge < -0.3 is 14.8 Å². The maximum absolute atomic E-state index is 13.4. The summed E-state index contributed by atoms with van der Waals surface area (Å²) in [7, 11) is 3.61. The van der Waals surface area contributed by atoms with Gasteiger partial charge in [0.15, 0.2) is 0 Å². The highest BCUT2D eigenvalue weighted by molar-refractivity contribution is 7.20. The molecular weight excluding hydrogens is 396 g/mol. The zero-order chi connectivity index (χ0) is 20.8. The van der Waals surface area contributed by atoms with E-state index in [0.29, 0.717) is 18.0 Å². The van der Waals surface area contributed by atoms with Crippen molar-refractivity contribution in [1.82, 2.24) is 19.8 Å².